The van der Waals surface area contributed by atoms with Gasteiger partial charge in [0.1, 0.15) is 0 Å². The highest BCUT2D eigenvalue weighted by Crippen LogP contribution is 2.17. The van der Waals surface area contributed by atoms with Gasteiger partial charge in [-0.2, -0.15) is 0 Å². The molecule has 0 atom stereocenters. The van der Waals surface area contributed by atoms with Gasteiger partial charge in [-0.15, -0.1) is 0 Å². The highest BCUT2D eigenvalue weighted by atomic mass is 16.1. The Kier molecular flexibility index (Phi) is 1.72. The van der Waals surface area contributed by atoms with Crippen LogP contribution in [0.15, 0.2) is 23.1 Å². The summed E-state index contributed by atoms with van der Waals surface area (Å²) in [5.74, 6) is 0.423. The highest BCUT2D eigenvalue weighted by molar-refractivity contribution is 5.79. The standard InChI is InChI=1S/C10H12N2O/c1-6(2)9-5-7-8(12-9)3-4-11-10(7)13/h3-6,12H,1-2H3,(H,11,13). The van der Waals surface area contributed by atoms with Crippen LogP contribution < -0.4 is 5.56 Å². The van der Waals surface area contributed by atoms with Crippen LogP contribution in [0.2, 0.25) is 0 Å². The van der Waals surface area contributed by atoms with E-state index in [9.17, 15) is 4.79 Å². The number of pyridine rings is 1. The van der Waals surface area contributed by atoms with Crippen molar-refractivity contribution in [1.29, 1.82) is 0 Å². The van der Waals surface area contributed by atoms with Crippen LogP contribution >= 0.6 is 0 Å². The molecular weight excluding hydrogens is 164 g/mol. The fourth-order valence-corrected chi connectivity index (χ4v) is 1.40. The minimum Gasteiger partial charge on any atom is -0.358 e. The molecule has 13 heavy (non-hydrogen) atoms. The summed E-state index contributed by atoms with van der Waals surface area (Å²) in [6, 6.07) is 3.79. The predicted molar refractivity (Wildman–Crippen MR) is 53.0 cm³/mol. The van der Waals surface area contributed by atoms with Gasteiger partial charge in [0.05, 0.1) is 10.9 Å². The topological polar surface area (TPSA) is 48.6 Å². The number of hydrogen-bond donors (Lipinski definition) is 2. The molecule has 2 N–H and O–H groups in total. The second-order valence-corrected chi connectivity index (χ2v) is 3.51. The average molecular weight is 176 g/mol. The van der Waals surface area contributed by atoms with Crippen LogP contribution in [-0.4, -0.2) is 9.97 Å². The lowest BCUT2D eigenvalue weighted by molar-refractivity contribution is 0.836. The lowest BCUT2D eigenvalue weighted by Gasteiger charge is -1.97. The van der Waals surface area contributed by atoms with E-state index in [0.717, 1.165) is 16.6 Å². The Labute approximate surface area is 75.8 Å². The van der Waals surface area contributed by atoms with E-state index >= 15 is 0 Å². The zero-order chi connectivity index (χ0) is 9.42. The third kappa shape index (κ3) is 1.26. The molecule has 0 unspecified atom stereocenters. The second-order valence-electron chi connectivity index (χ2n) is 3.51. The van der Waals surface area contributed by atoms with E-state index in [0.29, 0.717) is 5.92 Å². The first-order chi connectivity index (χ1) is 6.18. The number of aromatic amines is 2. The maximum atomic E-state index is 11.3. The Morgan fingerprint density at radius 1 is 1.38 bits per heavy atom. The molecular formula is C10H12N2O. The Morgan fingerprint density at radius 2 is 2.15 bits per heavy atom. The van der Waals surface area contributed by atoms with Crippen molar-refractivity contribution < 1.29 is 0 Å². The maximum absolute atomic E-state index is 11.3. The maximum Gasteiger partial charge on any atom is 0.257 e. The summed E-state index contributed by atoms with van der Waals surface area (Å²) in [6.07, 6.45) is 1.66. The third-order valence-electron chi connectivity index (χ3n) is 2.20. The molecule has 0 aromatic carbocycles. The van der Waals surface area contributed by atoms with Crippen LogP contribution in [0.5, 0.6) is 0 Å². The van der Waals surface area contributed by atoms with E-state index in [2.05, 4.69) is 23.8 Å². The number of rotatable bonds is 1. The van der Waals surface area contributed by atoms with E-state index in [-0.39, 0.29) is 5.56 Å². The number of fused-ring (bicyclic) bond motifs is 1. The largest absolute Gasteiger partial charge is 0.358 e. The summed E-state index contributed by atoms with van der Waals surface area (Å²) >= 11 is 0. The van der Waals surface area contributed by atoms with Gasteiger partial charge in [-0.3, -0.25) is 4.79 Å². The molecule has 0 saturated heterocycles. The van der Waals surface area contributed by atoms with Crippen molar-refractivity contribution in [3.05, 3.63) is 34.4 Å². The minimum absolute atomic E-state index is 0.0272. The Bertz CT molecular complexity index is 479. The van der Waals surface area contributed by atoms with Crippen molar-refractivity contribution in [3.63, 3.8) is 0 Å². The van der Waals surface area contributed by atoms with E-state index < -0.39 is 0 Å². The molecule has 0 aliphatic rings. The van der Waals surface area contributed by atoms with Crippen LogP contribution in [0.25, 0.3) is 10.9 Å². The van der Waals surface area contributed by atoms with Crippen LogP contribution in [0.3, 0.4) is 0 Å². The molecule has 0 bridgehead atoms. The molecule has 68 valence electrons. The van der Waals surface area contributed by atoms with Crippen molar-refractivity contribution in [3.8, 4) is 0 Å². The Morgan fingerprint density at radius 3 is 2.77 bits per heavy atom. The van der Waals surface area contributed by atoms with Crippen molar-refractivity contribution in [2.24, 2.45) is 0 Å². The Hall–Kier alpha value is -1.51. The van der Waals surface area contributed by atoms with Gasteiger partial charge < -0.3 is 9.97 Å². The zero-order valence-corrected chi connectivity index (χ0v) is 7.72. The average Bonchev–Trinajstić information content (AvgIpc) is 2.49. The zero-order valence-electron chi connectivity index (χ0n) is 7.72. The van der Waals surface area contributed by atoms with Gasteiger partial charge in [-0.25, -0.2) is 0 Å². The molecule has 0 fully saturated rings. The predicted octanol–water partition coefficient (Wildman–Crippen LogP) is 1.98. The Balaban J connectivity index is 2.76. The van der Waals surface area contributed by atoms with Crippen molar-refractivity contribution in [2.45, 2.75) is 19.8 Å². The van der Waals surface area contributed by atoms with Gasteiger partial charge in [-0.1, -0.05) is 13.8 Å². The van der Waals surface area contributed by atoms with Crippen LogP contribution in [-0.2, 0) is 0 Å². The van der Waals surface area contributed by atoms with E-state index in [1.165, 1.54) is 0 Å². The van der Waals surface area contributed by atoms with Crippen molar-refractivity contribution in [2.75, 3.05) is 0 Å². The molecule has 2 aromatic heterocycles. The summed E-state index contributed by atoms with van der Waals surface area (Å²) < 4.78 is 0. The number of nitrogens with one attached hydrogen (secondary N) is 2. The van der Waals surface area contributed by atoms with Crippen LogP contribution in [0.1, 0.15) is 25.5 Å². The summed E-state index contributed by atoms with van der Waals surface area (Å²) in [7, 11) is 0. The summed E-state index contributed by atoms with van der Waals surface area (Å²) in [5, 5.41) is 0.742. The summed E-state index contributed by atoms with van der Waals surface area (Å²) in [4.78, 5) is 17.2. The number of H-pyrrole nitrogens is 2. The minimum atomic E-state index is -0.0272. The number of aromatic nitrogens is 2. The molecule has 3 heteroatoms. The number of hydrogen-bond acceptors (Lipinski definition) is 1. The van der Waals surface area contributed by atoms with Gasteiger partial charge in [0, 0.05) is 11.9 Å². The van der Waals surface area contributed by atoms with Crippen molar-refractivity contribution >= 4 is 10.9 Å². The van der Waals surface area contributed by atoms with Gasteiger partial charge in [0.15, 0.2) is 0 Å². The van der Waals surface area contributed by atoms with E-state index in [1.54, 1.807) is 6.20 Å². The summed E-state index contributed by atoms with van der Waals surface area (Å²) in [5.41, 5.74) is 1.99. The molecule has 2 rings (SSSR count). The van der Waals surface area contributed by atoms with E-state index in [1.807, 2.05) is 12.1 Å². The van der Waals surface area contributed by atoms with Gasteiger partial charge >= 0.3 is 0 Å². The van der Waals surface area contributed by atoms with Gasteiger partial charge in [-0.05, 0) is 18.1 Å². The van der Waals surface area contributed by atoms with Crippen LogP contribution in [0.4, 0.5) is 0 Å². The molecule has 2 aromatic rings. The lowest BCUT2D eigenvalue weighted by atomic mass is 10.1. The summed E-state index contributed by atoms with van der Waals surface area (Å²) in [6.45, 7) is 4.19. The molecule has 0 aliphatic carbocycles. The second kappa shape index (κ2) is 2.76. The molecule has 3 nitrogen and oxygen atoms in total. The van der Waals surface area contributed by atoms with Gasteiger partial charge in [0.25, 0.3) is 5.56 Å². The molecule has 0 saturated carbocycles. The molecule has 2 heterocycles. The fourth-order valence-electron chi connectivity index (χ4n) is 1.40. The van der Waals surface area contributed by atoms with Gasteiger partial charge in [0.2, 0.25) is 0 Å². The molecule has 0 amide bonds. The first kappa shape index (κ1) is 8.10. The first-order valence-corrected chi connectivity index (χ1v) is 4.39. The quantitative estimate of drug-likeness (QED) is 0.685. The third-order valence-corrected chi connectivity index (χ3v) is 2.20. The van der Waals surface area contributed by atoms with E-state index in [4.69, 9.17) is 0 Å². The monoisotopic (exact) mass is 176 g/mol. The SMILES string of the molecule is CC(C)c1cc2c(=O)[nH]ccc2[nH]1. The normalized spacial score (nSPS) is 11.3. The highest BCUT2D eigenvalue weighted by Gasteiger charge is 2.05. The molecule has 0 spiro atoms. The smallest absolute Gasteiger partial charge is 0.257 e. The lowest BCUT2D eigenvalue weighted by Crippen LogP contribution is -2.02. The van der Waals surface area contributed by atoms with Crippen LogP contribution in [0, 0.1) is 0 Å². The molecule has 0 aliphatic heterocycles. The molecule has 0 radical (unpaired) electrons. The van der Waals surface area contributed by atoms with Crippen molar-refractivity contribution in [1.82, 2.24) is 9.97 Å². The fraction of sp³-hybridized carbons (Fsp3) is 0.300. The first-order valence-electron chi connectivity index (χ1n) is 4.39.